The van der Waals surface area contributed by atoms with Crippen LogP contribution in [0.2, 0.25) is 0 Å². The molecule has 1 aliphatic rings. The summed E-state index contributed by atoms with van der Waals surface area (Å²) in [4.78, 5) is 50.0. The van der Waals surface area contributed by atoms with Crippen molar-refractivity contribution in [3.05, 3.63) is 0 Å². The molecule has 0 radical (unpaired) electrons. The minimum atomic E-state index is -0.808. The van der Waals surface area contributed by atoms with Crippen LogP contribution in [-0.2, 0) is 33.5 Å². The fourth-order valence-electron chi connectivity index (χ4n) is 1.35. The van der Waals surface area contributed by atoms with E-state index in [2.05, 4.69) is 4.84 Å². The number of esters is 1. The number of carbonyl (C=O) groups is 4. The average Bonchev–Trinajstić information content (AvgIpc) is 2.74. The molecule has 0 saturated carbocycles. The number of nitrogens with zero attached hydrogens (tertiary/aromatic N) is 1. The number of hydroxylamine groups is 2. The standard InChI is InChI=1S/C12H17NO7/c1-3-18-7-11(16)19-6-8(2)12(17)20-13-9(14)4-5-10(13)15/h8H,3-7H2,1-2H3. The van der Waals surface area contributed by atoms with Crippen molar-refractivity contribution in [1.29, 1.82) is 0 Å². The number of ether oxygens (including phenoxy) is 2. The Morgan fingerprint density at radius 1 is 1.25 bits per heavy atom. The molecule has 2 amide bonds. The normalized spacial score (nSPS) is 16.2. The predicted octanol–water partition coefficient (Wildman–Crippen LogP) is -0.191. The highest BCUT2D eigenvalue weighted by atomic mass is 16.7. The maximum atomic E-state index is 11.6. The zero-order chi connectivity index (χ0) is 15.1. The Morgan fingerprint density at radius 3 is 2.40 bits per heavy atom. The Balaban J connectivity index is 2.34. The van der Waals surface area contributed by atoms with E-state index in [9.17, 15) is 19.2 Å². The first-order valence-electron chi connectivity index (χ1n) is 6.26. The molecule has 0 spiro atoms. The van der Waals surface area contributed by atoms with E-state index in [0.717, 1.165) is 0 Å². The lowest BCUT2D eigenvalue weighted by Gasteiger charge is -2.16. The molecule has 0 N–H and O–H groups in total. The summed E-state index contributed by atoms with van der Waals surface area (Å²) < 4.78 is 9.63. The van der Waals surface area contributed by atoms with Crippen molar-refractivity contribution in [2.75, 3.05) is 19.8 Å². The zero-order valence-corrected chi connectivity index (χ0v) is 11.4. The molecular weight excluding hydrogens is 270 g/mol. The van der Waals surface area contributed by atoms with Gasteiger partial charge in [-0.3, -0.25) is 9.59 Å². The fourth-order valence-corrected chi connectivity index (χ4v) is 1.35. The van der Waals surface area contributed by atoms with Crippen molar-refractivity contribution in [3.63, 3.8) is 0 Å². The number of amides is 2. The molecule has 1 aliphatic heterocycles. The molecule has 20 heavy (non-hydrogen) atoms. The van der Waals surface area contributed by atoms with E-state index in [0.29, 0.717) is 11.7 Å². The largest absolute Gasteiger partial charge is 0.463 e. The van der Waals surface area contributed by atoms with Gasteiger partial charge >= 0.3 is 11.9 Å². The predicted molar refractivity (Wildman–Crippen MR) is 63.8 cm³/mol. The second kappa shape index (κ2) is 7.59. The first-order chi connectivity index (χ1) is 9.45. The molecule has 0 bridgehead atoms. The average molecular weight is 287 g/mol. The number of imide groups is 1. The smallest absolute Gasteiger partial charge is 0.339 e. The van der Waals surface area contributed by atoms with E-state index in [1.165, 1.54) is 6.92 Å². The maximum absolute atomic E-state index is 11.6. The summed E-state index contributed by atoms with van der Waals surface area (Å²) in [5.74, 6) is -3.30. The van der Waals surface area contributed by atoms with Gasteiger partial charge in [0.1, 0.15) is 13.2 Å². The Morgan fingerprint density at radius 2 is 1.85 bits per heavy atom. The molecule has 8 nitrogen and oxygen atoms in total. The van der Waals surface area contributed by atoms with Crippen molar-refractivity contribution >= 4 is 23.8 Å². The molecule has 1 fully saturated rings. The van der Waals surface area contributed by atoms with Gasteiger partial charge < -0.3 is 14.3 Å². The van der Waals surface area contributed by atoms with Crippen LogP contribution in [0.3, 0.4) is 0 Å². The topological polar surface area (TPSA) is 99.2 Å². The van der Waals surface area contributed by atoms with Gasteiger partial charge in [0.15, 0.2) is 0 Å². The highest BCUT2D eigenvalue weighted by Gasteiger charge is 2.34. The number of hydrogen-bond donors (Lipinski definition) is 0. The second-order valence-electron chi connectivity index (χ2n) is 4.21. The van der Waals surface area contributed by atoms with E-state index in [1.807, 2.05) is 0 Å². The maximum Gasteiger partial charge on any atom is 0.339 e. The minimum Gasteiger partial charge on any atom is -0.463 e. The third-order valence-corrected chi connectivity index (χ3v) is 2.51. The lowest BCUT2D eigenvalue weighted by molar-refractivity contribution is -0.201. The summed E-state index contributed by atoms with van der Waals surface area (Å²) in [7, 11) is 0. The van der Waals surface area contributed by atoms with Gasteiger partial charge in [-0.2, -0.15) is 0 Å². The van der Waals surface area contributed by atoms with E-state index in [4.69, 9.17) is 9.47 Å². The van der Waals surface area contributed by atoms with Crippen LogP contribution in [0.4, 0.5) is 0 Å². The van der Waals surface area contributed by atoms with Crippen LogP contribution < -0.4 is 0 Å². The molecule has 0 aromatic rings. The Hall–Kier alpha value is -1.96. The van der Waals surface area contributed by atoms with Crippen LogP contribution in [0.5, 0.6) is 0 Å². The molecule has 112 valence electrons. The summed E-state index contributed by atoms with van der Waals surface area (Å²) in [6.45, 7) is 3.17. The molecule has 0 aromatic carbocycles. The van der Waals surface area contributed by atoms with Gasteiger partial charge in [0.05, 0.1) is 5.92 Å². The van der Waals surface area contributed by atoms with Gasteiger partial charge in [-0.1, -0.05) is 0 Å². The summed E-state index contributed by atoms with van der Waals surface area (Å²) in [6, 6.07) is 0. The van der Waals surface area contributed by atoms with E-state index in [-0.39, 0.29) is 26.1 Å². The van der Waals surface area contributed by atoms with Crippen molar-refractivity contribution in [2.24, 2.45) is 5.92 Å². The molecule has 1 saturated heterocycles. The van der Waals surface area contributed by atoms with Gasteiger partial charge in [0.25, 0.3) is 11.8 Å². The molecule has 1 unspecified atom stereocenters. The molecular formula is C12H17NO7. The first kappa shape index (κ1) is 16.1. The Kier molecular flexibility index (Phi) is 6.10. The molecule has 0 aromatic heterocycles. The first-order valence-corrected chi connectivity index (χ1v) is 6.26. The molecule has 0 aliphatic carbocycles. The number of rotatable bonds is 7. The fraction of sp³-hybridized carbons (Fsp3) is 0.667. The number of carbonyl (C=O) groups excluding carboxylic acids is 4. The van der Waals surface area contributed by atoms with E-state index < -0.39 is 29.7 Å². The molecule has 1 rings (SSSR count). The van der Waals surface area contributed by atoms with Gasteiger partial charge in [0, 0.05) is 19.4 Å². The SMILES string of the molecule is CCOCC(=O)OCC(C)C(=O)ON1C(=O)CCC1=O. The van der Waals surface area contributed by atoms with Gasteiger partial charge in [-0.25, -0.2) is 9.59 Å². The van der Waals surface area contributed by atoms with Crippen LogP contribution in [0.25, 0.3) is 0 Å². The van der Waals surface area contributed by atoms with E-state index in [1.54, 1.807) is 6.92 Å². The monoisotopic (exact) mass is 287 g/mol. The highest BCUT2D eigenvalue weighted by Crippen LogP contribution is 2.13. The van der Waals surface area contributed by atoms with Crippen LogP contribution in [0.15, 0.2) is 0 Å². The molecule has 1 atom stereocenters. The third-order valence-electron chi connectivity index (χ3n) is 2.51. The van der Waals surface area contributed by atoms with Crippen molar-refractivity contribution in [3.8, 4) is 0 Å². The zero-order valence-electron chi connectivity index (χ0n) is 11.4. The highest BCUT2D eigenvalue weighted by molar-refractivity contribution is 6.01. The van der Waals surface area contributed by atoms with Crippen LogP contribution in [0.1, 0.15) is 26.7 Å². The van der Waals surface area contributed by atoms with Crippen molar-refractivity contribution in [1.82, 2.24) is 5.06 Å². The van der Waals surface area contributed by atoms with Gasteiger partial charge in [0.2, 0.25) is 0 Å². The Labute approximate surface area is 115 Å². The van der Waals surface area contributed by atoms with Crippen LogP contribution in [0, 0.1) is 5.92 Å². The van der Waals surface area contributed by atoms with Crippen LogP contribution >= 0.6 is 0 Å². The van der Waals surface area contributed by atoms with Crippen molar-refractivity contribution < 1.29 is 33.5 Å². The third kappa shape index (κ3) is 4.61. The quantitative estimate of drug-likeness (QED) is 0.472. The summed E-state index contributed by atoms with van der Waals surface area (Å²) in [5.41, 5.74) is 0. The Bertz CT molecular complexity index is 391. The number of hydrogen-bond acceptors (Lipinski definition) is 7. The molecule has 8 heteroatoms. The summed E-state index contributed by atoms with van der Waals surface area (Å²) in [5, 5.41) is 0.459. The second-order valence-corrected chi connectivity index (χ2v) is 4.21. The van der Waals surface area contributed by atoms with Crippen LogP contribution in [-0.4, -0.2) is 48.6 Å². The summed E-state index contributed by atoms with van der Waals surface area (Å²) in [6.07, 6.45) is 0.0632. The summed E-state index contributed by atoms with van der Waals surface area (Å²) >= 11 is 0. The lowest BCUT2D eigenvalue weighted by Crippen LogP contribution is -2.35. The van der Waals surface area contributed by atoms with Crippen molar-refractivity contribution in [2.45, 2.75) is 26.7 Å². The molecule has 1 heterocycles. The minimum absolute atomic E-state index is 0.0316. The lowest BCUT2D eigenvalue weighted by atomic mass is 10.2. The van der Waals surface area contributed by atoms with Gasteiger partial charge in [-0.15, -0.1) is 5.06 Å². The van der Waals surface area contributed by atoms with E-state index >= 15 is 0 Å². The van der Waals surface area contributed by atoms with Gasteiger partial charge in [-0.05, 0) is 13.8 Å².